The Balaban J connectivity index is 2.76. The predicted octanol–water partition coefficient (Wildman–Crippen LogP) is 2.67. The molecule has 0 aliphatic heterocycles. The maximum absolute atomic E-state index is 12.2. The van der Waals surface area contributed by atoms with E-state index in [0.717, 1.165) is 5.56 Å². The molecule has 0 aliphatic carbocycles. The molecule has 2 atom stereocenters. The number of rotatable bonds is 5. The molecule has 18 heavy (non-hydrogen) atoms. The zero-order valence-corrected chi connectivity index (χ0v) is 11.9. The van der Waals surface area contributed by atoms with Crippen LogP contribution < -0.4 is 5.73 Å². The molecule has 3 nitrogen and oxygen atoms in total. The van der Waals surface area contributed by atoms with Gasteiger partial charge in [0.25, 0.3) is 0 Å². The van der Waals surface area contributed by atoms with Gasteiger partial charge in [-0.05, 0) is 31.5 Å². The molecule has 2 N–H and O–H groups in total. The summed E-state index contributed by atoms with van der Waals surface area (Å²) >= 11 is 5.94. The van der Waals surface area contributed by atoms with E-state index in [-0.39, 0.29) is 17.9 Å². The lowest BCUT2D eigenvalue weighted by Crippen LogP contribution is -2.41. The normalized spacial score (nSPS) is 14.1. The molecule has 0 bridgehead atoms. The Labute approximate surface area is 114 Å². The van der Waals surface area contributed by atoms with E-state index >= 15 is 0 Å². The smallest absolute Gasteiger partial charge is 0.227 e. The largest absolute Gasteiger partial charge is 0.338 e. The first-order chi connectivity index (χ1) is 8.45. The Morgan fingerprint density at radius 1 is 1.44 bits per heavy atom. The Hall–Kier alpha value is -1.06. The predicted molar refractivity (Wildman–Crippen MR) is 75.4 cm³/mol. The molecule has 0 saturated carbocycles. The average molecular weight is 269 g/mol. The van der Waals surface area contributed by atoms with Crippen molar-refractivity contribution in [2.75, 3.05) is 6.54 Å². The van der Waals surface area contributed by atoms with Crippen molar-refractivity contribution in [1.82, 2.24) is 4.90 Å². The first-order valence-corrected chi connectivity index (χ1v) is 6.62. The fourth-order valence-electron chi connectivity index (χ4n) is 1.71. The topological polar surface area (TPSA) is 46.3 Å². The summed E-state index contributed by atoms with van der Waals surface area (Å²) in [5.41, 5.74) is 6.81. The standard InChI is InChI=1S/C14H21ClN2O/c1-4-17(14(18)10(2)11(3)16)9-12-6-5-7-13(15)8-12/h5-8,10-11H,4,9,16H2,1-3H3. The van der Waals surface area contributed by atoms with Gasteiger partial charge in [0, 0.05) is 24.2 Å². The zero-order valence-electron chi connectivity index (χ0n) is 11.2. The molecule has 0 radical (unpaired) electrons. The van der Waals surface area contributed by atoms with E-state index in [2.05, 4.69) is 0 Å². The monoisotopic (exact) mass is 268 g/mol. The number of nitrogens with two attached hydrogens (primary N) is 1. The summed E-state index contributed by atoms with van der Waals surface area (Å²) in [7, 11) is 0. The molecule has 4 heteroatoms. The lowest BCUT2D eigenvalue weighted by Gasteiger charge is -2.26. The molecule has 1 aromatic rings. The first-order valence-electron chi connectivity index (χ1n) is 6.24. The van der Waals surface area contributed by atoms with Crippen molar-refractivity contribution in [2.45, 2.75) is 33.4 Å². The fraction of sp³-hybridized carbons (Fsp3) is 0.500. The molecule has 0 spiro atoms. The summed E-state index contributed by atoms with van der Waals surface area (Å²) in [5, 5.41) is 0.691. The van der Waals surface area contributed by atoms with Gasteiger partial charge in [-0.2, -0.15) is 0 Å². The van der Waals surface area contributed by atoms with Crippen LogP contribution in [0.1, 0.15) is 26.3 Å². The minimum Gasteiger partial charge on any atom is -0.338 e. The third-order valence-corrected chi connectivity index (χ3v) is 3.37. The second kappa shape index (κ2) is 6.76. The van der Waals surface area contributed by atoms with Gasteiger partial charge in [-0.1, -0.05) is 30.7 Å². The lowest BCUT2D eigenvalue weighted by atomic mass is 10.0. The van der Waals surface area contributed by atoms with Crippen molar-refractivity contribution in [1.29, 1.82) is 0 Å². The molecule has 0 heterocycles. The molecular formula is C14H21ClN2O. The first kappa shape index (κ1) is 15.0. The van der Waals surface area contributed by atoms with Gasteiger partial charge in [-0.25, -0.2) is 0 Å². The van der Waals surface area contributed by atoms with Gasteiger partial charge in [-0.15, -0.1) is 0 Å². The van der Waals surface area contributed by atoms with Crippen LogP contribution in [0.25, 0.3) is 0 Å². The number of carbonyl (C=O) groups is 1. The average Bonchev–Trinajstić information content (AvgIpc) is 2.34. The number of hydrogen-bond acceptors (Lipinski definition) is 2. The highest BCUT2D eigenvalue weighted by Crippen LogP contribution is 2.14. The van der Waals surface area contributed by atoms with Crippen molar-refractivity contribution in [3.63, 3.8) is 0 Å². The summed E-state index contributed by atoms with van der Waals surface area (Å²) in [6.45, 7) is 6.94. The molecule has 0 aromatic heterocycles. The van der Waals surface area contributed by atoms with Gasteiger partial charge >= 0.3 is 0 Å². The number of amides is 1. The Kier molecular flexibility index (Phi) is 5.63. The highest BCUT2D eigenvalue weighted by Gasteiger charge is 2.22. The molecule has 1 aromatic carbocycles. The lowest BCUT2D eigenvalue weighted by molar-refractivity contribution is -0.135. The maximum Gasteiger partial charge on any atom is 0.227 e. The van der Waals surface area contributed by atoms with Crippen molar-refractivity contribution >= 4 is 17.5 Å². The number of carbonyl (C=O) groups excluding carboxylic acids is 1. The number of benzene rings is 1. The van der Waals surface area contributed by atoms with Crippen LogP contribution in [0.3, 0.4) is 0 Å². The quantitative estimate of drug-likeness (QED) is 0.892. The van der Waals surface area contributed by atoms with Crippen molar-refractivity contribution in [3.8, 4) is 0 Å². The molecule has 0 saturated heterocycles. The van der Waals surface area contributed by atoms with E-state index < -0.39 is 0 Å². The second-order valence-corrected chi connectivity index (χ2v) is 5.07. The van der Waals surface area contributed by atoms with E-state index in [0.29, 0.717) is 18.1 Å². The van der Waals surface area contributed by atoms with Crippen LogP contribution in [-0.4, -0.2) is 23.4 Å². The van der Waals surface area contributed by atoms with Crippen molar-refractivity contribution in [3.05, 3.63) is 34.9 Å². The Bertz CT molecular complexity index is 407. The van der Waals surface area contributed by atoms with Gasteiger partial charge in [0.15, 0.2) is 0 Å². The highest BCUT2D eigenvalue weighted by molar-refractivity contribution is 6.30. The number of nitrogens with zero attached hydrogens (tertiary/aromatic N) is 1. The van der Waals surface area contributed by atoms with Crippen LogP contribution in [-0.2, 0) is 11.3 Å². The van der Waals surface area contributed by atoms with Crippen molar-refractivity contribution in [2.24, 2.45) is 11.7 Å². The minimum absolute atomic E-state index is 0.0903. The number of halogens is 1. The molecule has 1 amide bonds. The summed E-state index contributed by atoms with van der Waals surface area (Å²) < 4.78 is 0. The van der Waals surface area contributed by atoms with E-state index in [4.69, 9.17) is 17.3 Å². The van der Waals surface area contributed by atoms with E-state index in [1.165, 1.54) is 0 Å². The van der Waals surface area contributed by atoms with Crippen LogP contribution in [0.2, 0.25) is 5.02 Å². The molecule has 0 aliphatic rings. The summed E-state index contributed by atoms with van der Waals surface area (Å²) in [5.74, 6) is -0.0726. The van der Waals surface area contributed by atoms with Crippen molar-refractivity contribution < 1.29 is 4.79 Å². The highest BCUT2D eigenvalue weighted by atomic mass is 35.5. The maximum atomic E-state index is 12.2. The molecule has 0 fully saturated rings. The van der Waals surface area contributed by atoms with Gasteiger partial charge in [0.05, 0.1) is 5.92 Å². The van der Waals surface area contributed by atoms with Crippen LogP contribution in [0, 0.1) is 5.92 Å². The molecule has 1 rings (SSSR count). The van der Waals surface area contributed by atoms with Gasteiger partial charge in [-0.3, -0.25) is 4.79 Å². The van der Waals surface area contributed by atoms with Crippen LogP contribution in [0.5, 0.6) is 0 Å². The third kappa shape index (κ3) is 4.00. The molecule has 2 unspecified atom stereocenters. The van der Waals surface area contributed by atoms with Crippen LogP contribution >= 0.6 is 11.6 Å². The molecular weight excluding hydrogens is 248 g/mol. The summed E-state index contributed by atoms with van der Waals surface area (Å²) in [6.07, 6.45) is 0. The van der Waals surface area contributed by atoms with E-state index in [1.54, 1.807) is 4.90 Å². The third-order valence-electron chi connectivity index (χ3n) is 3.13. The minimum atomic E-state index is -0.163. The fourth-order valence-corrected chi connectivity index (χ4v) is 1.93. The van der Waals surface area contributed by atoms with Gasteiger partial charge in [0.2, 0.25) is 5.91 Å². The molecule has 100 valence electrons. The summed E-state index contributed by atoms with van der Waals surface area (Å²) in [6, 6.07) is 7.44. The zero-order chi connectivity index (χ0) is 13.7. The van der Waals surface area contributed by atoms with Gasteiger partial charge < -0.3 is 10.6 Å². The SMILES string of the molecule is CCN(Cc1cccc(Cl)c1)C(=O)C(C)C(C)N. The summed E-state index contributed by atoms with van der Waals surface area (Å²) in [4.78, 5) is 14.0. The Morgan fingerprint density at radius 3 is 2.61 bits per heavy atom. The van der Waals surface area contributed by atoms with Crippen LogP contribution in [0.15, 0.2) is 24.3 Å². The number of hydrogen-bond donors (Lipinski definition) is 1. The van der Waals surface area contributed by atoms with Gasteiger partial charge in [0.1, 0.15) is 0 Å². The Morgan fingerprint density at radius 2 is 2.11 bits per heavy atom. The van der Waals surface area contributed by atoms with E-state index in [1.807, 2.05) is 45.0 Å². The van der Waals surface area contributed by atoms with Crippen LogP contribution in [0.4, 0.5) is 0 Å². The second-order valence-electron chi connectivity index (χ2n) is 4.63. The van der Waals surface area contributed by atoms with E-state index in [9.17, 15) is 4.79 Å².